The van der Waals surface area contributed by atoms with Crippen molar-refractivity contribution in [2.75, 3.05) is 11.9 Å². The van der Waals surface area contributed by atoms with Gasteiger partial charge in [-0.15, -0.1) is 0 Å². The highest BCUT2D eigenvalue weighted by molar-refractivity contribution is 9.10. The van der Waals surface area contributed by atoms with Crippen LogP contribution in [0.2, 0.25) is 0 Å². The first kappa shape index (κ1) is 14.0. The predicted molar refractivity (Wildman–Crippen MR) is 75.3 cm³/mol. The average molecular weight is 299 g/mol. The van der Waals surface area contributed by atoms with E-state index >= 15 is 0 Å². The fourth-order valence-corrected chi connectivity index (χ4v) is 1.91. The van der Waals surface area contributed by atoms with Crippen molar-refractivity contribution in [1.82, 2.24) is 4.90 Å². The lowest BCUT2D eigenvalue weighted by atomic mass is 10.1. The quantitative estimate of drug-likeness (QED) is 0.876. The van der Waals surface area contributed by atoms with Crippen molar-refractivity contribution >= 4 is 27.6 Å². The van der Waals surface area contributed by atoms with Crippen LogP contribution in [0.15, 0.2) is 28.7 Å². The van der Waals surface area contributed by atoms with Gasteiger partial charge < -0.3 is 10.2 Å². The Morgan fingerprint density at radius 2 is 1.82 bits per heavy atom. The monoisotopic (exact) mass is 298 g/mol. The van der Waals surface area contributed by atoms with Crippen molar-refractivity contribution in [1.29, 1.82) is 0 Å². The highest BCUT2D eigenvalue weighted by atomic mass is 79.9. The SMILES string of the molecule is CCN(C(=O)Nc1ccc(Br)cc1)C(C)(C)C. The maximum Gasteiger partial charge on any atom is 0.322 e. The number of rotatable bonds is 2. The fraction of sp³-hybridized carbons (Fsp3) is 0.462. The summed E-state index contributed by atoms with van der Waals surface area (Å²) in [6, 6.07) is 7.49. The van der Waals surface area contributed by atoms with E-state index in [9.17, 15) is 4.79 Å². The van der Waals surface area contributed by atoms with E-state index in [-0.39, 0.29) is 11.6 Å². The number of nitrogens with one attached hydrogen (secondary N) is 1. The van der Waals surface area contributed by atoms with Crippen molar-refractivity contribution in [2.24, 2.45) is 0 Å². The number of benzene rings is 1. The maximum atomic E-state index is 12.1. The van der Waals surface area contributed by atoms with Crippen LogP contribution in [0.5, 0.6) is 0 Å². The molecule has 0 spiro atoms. The molecule has 0 atom stereocenters. The topological polar surface area (TPSA) is 32.3 Å². The van der Waals surface area contributed by atoms with Gasteiger partial charge in [-0.25, -0.2) is 4.79 Å². The number of carbonyl (C=O) groups excluding carboxylic acids is 1. The first-order valence-electron chi connectivity index (χ1n) is 5.69. The van der Waals surface area contributed by atoms with Crippen molar-refractivity contribution in [3.63, 3.8) is 0 Å². The van der Waals surface area contributed by atoms with E-state index in [0.717, 1.165) is 10.2 Å². The number of urea groups is 1. The smallest absolute Gasteiger partial charge is 0.320 e. The first-order valence-corrected chi connectivity index (χ1v) is 6.48. The molecule has 0 radical (unpaired) electrons. The fourth-order valence-electron chi connectivity index (χ4n) is 1.65. The van der Waals surface area contributed by atoms with Crippen LogP contribution in [0.25, 0.3) is 0 Å². The van der Waals surface area contributed by atoms with Gasteiger partial charge in [-0.1, -0.05) is 15.9 Å². The van der Waals surface area contributed by atoms with Crippen LogP contribution < -0.4 is 5.32 Å². The maximum absolute atomic E-state index is 12.1. The van der Waals surface area contributed by atoms with E-state index in [1.807, 2.05) is 52.0 Å². The van der Waals surface area contributed by atoms with Gasteiger partial charge in [-0.05, 0) is 52.0 Å². The minimum Gasteiger partial charge on any atom is -0.320 e. The molecule has 1 aromatic rings. The number of anilines is 1. The summed E-state index contributed by atoms with van der Waals surface area (Å²) < 4.78 is 0.999. The minimum absolute atomic E-state index is 0.0673. The van der Waals surface area contributed by atoms with Gasteiger partial charge in [0.2, 0.25) is 0 Å². The summed E-state index contributed by atoms with van der Waals surface area (Å²) in [5.41, 5.74) is 0.634. The molecule has 1 rings (SSSR count). The van der Waals surface area contributed by atoms with E-state index in [1.165, 1.54) is 0 Å². The van der Waals surface area contributed by atoms with Crippen molar-refractivity contribution < 1.29 is 4.79 Å². The zero-order valence-electron chi connectivity index (χ0n) is 10.7. The summed E-state index contributed by atoms with van der Waals surface area (Å²) in [4.78, 5) is 13.9. The Hall–Kier alpha value is -1.03. The van der Waals surface area contributed by atoms with Gasteiger partial charge in [0.25, 0.3) is 0 Å². The van der Waals surface area contributed by atoms with E-state index in [4.69, 9.17) is 0 Å². The first-order chi connectivity index (χ1) is 7.84. The second-order valence-electron chi connectivity index (χ2n) is 4.85. The van der Waals surface area contributed by atoms with Crippen molar-refractivity contribution in [3.8, 4) is 0 Å². The minimum atomic E-state index is -0.172. The Balaban J connectivity index is 2.74. The number of carbonyl (C=O) groups is 1. The molecular formula is C13H19BrN2O. The lowest BCUT2D eigenvalue weighted by molar-refractivity contribution is 0.162. The molecule has 0 saturated heterocycles. The zero-order chi connectivity index (χ0) is 13.1. The molecule has 0 aromatic heterocycles. The molecule has 0 bridgehead atoms. The lowest BCUT2D eigenvalue weighted by Crippen LogP contribution is -2.47. The van der Waals surface area contributed by atoms with Gasteiger partial charge in [0.1, 0.15) is 0 Å². The Labute approximate surface area is 111 Å². The molecular weight excluding hydrogens is 280 g/mol. The van der Waals surface area contributed by atoms with E-state index in [0.29, 0.717) is 6.54 Å². The van der Waals surface area contributed by atoms with Crippen LogP contribution in [-0.4, -0.2) is 23.0 Å². The molecule has 0 aliphatic carbocycles. The second-order valence-corrected chi connectivity index (χ2v) is 5.77. The number of nitrogens with zero attached hydrogens (tertiary/aromatic N) is 1. The summed E-state index contributed by atoms with van der Waals surface area (Å²) in [6.45, 7) is 8.74. The van der Waals surface area contributed by atoms with Gasteiger partial charge in [-0.3, -0.25) is 0 Å². The van der Waals surface area contributed by atoms with Crippen LogP contribution in [0.4, 0.5) is 10.5 Å². The van der Waals surface area contributed by atoms with Crippen LogP contribution in [0.1, 0.15) is 27.7 Å². The Morgan fingerprint density at radius 1 is 1.29 bits per heavy atom. The number of halogens is 1. The molecule has 0 aliphatic rings. The van der Waals surface area contributed by atoms with Gasteiger partial charge in [0.05, 0.1) is 0 Å². The summed E-state index contributed by atoms with van der Waals surface area (Å²) in [5, 5.41) is 2.89. The molecule has 17 heavy (non-hydrogen) atoms. The van der Waals surface area contributed by atoms with Gasteiger partial charge in [-0.2, -0.15) is 0 Å². The Morgan fingerprint density at radius 3 is 2.24 bits per heavy atom. The predicted octanol–water partition coefficient (Wildman–Crippen LogP) is 4.10. The highest BCUT2D eigenvalue weighted by Gasteiger charge is 2.24. The van der Waals surface area contributed by atoms with E-state index in [2.05, 4.69) is 21.2 Å². The third kappa shape index (κ3) is 4.04. The molecule has 0 heterocycles. The molecule has 2 amide bonds. The van der Waals surface area contributed by atoms with E-state index < -0.39 is 0 Å². The van der Waals surface area contributed by atoms with Gasteiger partial charge in [0, 0.05) is 22.2 Å². The van der Waals surface area contributed by atoms with Crippen LogP contribution in [-0.2, 0) is 0 Å². The normalized spacial score (nSPS) is 11.1. The number of hydrogen-bond acceptors (Lipinski definition) is 1. The van der Waals surface area contributed by atoms with Gasteiger partial charge >= 0.3 is 6.03 Å². The number of hydrogen-bond donors (Lipinski definition) is 1. The largest absolute Gasteiger partial charge is 0.322 e. The summed E-state index contributed by atoms with van der Waals surface area (Å²) in [7, 11) is 0. The van der Waals surface area contributed by atoms with E-state index in [1.54, 1.807) is 4.90 Å². The summed E-state index contributed by atoms with van der Waals surface area (Å²) in [5.74, 6) is 0. The summed E-state index contributed by atoms with van der Waals surface area (Å²) >= 11 is 3.36. The molecule has 94 valence electrons. The molecule has 0 unspecified atom stereocenters. The van der Waals surface area contributed by atoms with Crippen molar-refractivity contribution in [3.05, 3.63) is 28.7 Å². The summed E-state index contributed by atoms with van der Waals surface area (Å²) in [6.07, 6.45) is 0. The van der Waals surface area contributed by atoms with Crippen molar-refractivity contribution in [2.45, 2.75) is 33.2 Å². The molecule has 1 N–H and O–H groups in total. The Kier molecular flexibility index (Phi) is 4.57. The van der Waals surface area contributed by atoms with Crippen LogP contribution in [0.3, 0.4) is 0 Å². The van der Waals surface area contributed by atoms with Gasteiger partial charge in [0.15, 0.2) is 0 Å². The lowest BCUT2D eigenvalue weighted by Gasteiger charge is -2.34. The van der Waals surface area contributed by atoms with Crippen LogP contribution in [0, 0.1) is 0 Å². The standard InChI is InChI=1S/C13H19BrN2O/c1-5-16(13(2,3)4)12(17)15-11-8-6-10(14)7-9-11/h6-9H,5H2,1-4H3,(H,15,17). The molecule has 0 saturated carbocycles. The molecule has 1 aromatic carbocycles. The molecule has 4 heteroatoms. The third-order valence-corrected chi connectivity index (χ3v) is 3.00. The Bertz CT molecular complexity index is 381. The second kappa shape index (κ2) is 5.54. The third-order valence-electron chi connectivity index (χ3n) is 2.47. The average Bonchev–Trinajstić information content (AvgIpc) is 2.20. The molecule has 0 fully saturated rings. The molecule has 3 nitrogen and oxygen atoms in total. The molecule has 0 aliphatic heterocycles. The number of amides is 2. The zero-order valence-corrected chi connectivity index (χ0v) is 12.3. The highest BCUT2D eigenvalue weighted by Crippen LogP contribution is 2.17. The van der Waals surface area contributed by atoms with Crippen LogP contribution >= 0.6 is 15.9 Å².